The molecule has 0 saturated carbocycles. The van der Waals surface area contributed by atoms with Gasteiger partial charge in [-0.3, -0.25) is 19.3 Å². The quantitative estimate of drug-likeness (QED) is 0.206. The number of carbonyl (C=O) groups is 3. The summed E-state index contributed by atoms with van der Waals surface area (Å²) in [6.45, 7) is 11.8. The first-order valence-corrected chi connectivity index (χ1v) is 13.3. The van der Waals surface area contributed by atoms with Crippen LogP contribution in [0.4, 0.5) is 11.4 Å². The van der Waals surface area contributed by atoms with Gasteiger partial charge in [0.15, 0.2) is 0 Å². The fourth-order valence-electron chi connectivity index (χ4n) is 5.00. The van der Waals surface area contributed by atoms with Gasteiger partial charge in [-0.05, 0) is 64.4 Å². The largest absolute Gasteiger partial charge is 0.507 e. The first-order valence-electron chi connectivity index (χ1n) is 13.3. The minimum absolute atomic E-state index is 0.00156. The van der Waals surface area contributed by atoms with E-state index in [9.17, 15) is 19.5 Å². The van der Waals surface area contributed by atoms with E-state index in [-0.39, 0.29) is 28.6 Å². The fraction of sp³-hybridized carbons (Fsp3) is 0.303. The van der Waals surface area contributed by atoms with E-state index in [1.165, 1.54) is 11.8 Å². The Labute approximate surface area is 235 Å². The number of ether oxygens (including phenoxy) is 1. The molecular formula is C33H36N2O5. The highest BCUT2D eigenvalue weighted by Gasteiger charge is 2.47. The maximum atomic E-state index is 13.6. The maximum Gasteiger partial charge on any atom is 0.300 e. The summed E-state index contributed by atoms with van der Waals surface area (Å²) in [5, 5.41) is 14.3. The molecule has 4 rings (SSSR count). The van der Waals surface area contributed by atoms with Crippen LogP contribution in [0.25, 0.3) is 5.76 Å². The van der Waals surface area contributed by atoms with Crippen LogP contribution in [0, 0.1) is 0 Å². The number of amides is 2. The number of benzene rings is 3. The summed E-state index contributed by atoms with van der Waals surface area (Å²) in [5.74, 6) is -1.28. The summed E-state index contributed by atoms with van der Waals surface area (Å²) in [5.41, 5.74) is 3.89. The summed E-state index contributed by atoms with van der Waals surface area (Å²) >= 11 is 0. The summed E-state index contributed by atoms with van der Waals surface area (Å²) in [7, 11) is 1.59. The standard InChI is InChI=1S/C33H36N2O5/c1-19(2)26-17-22(13-16-27(26)40-7)30(37)28-29(21-11-14-23(15-12-21)33(4,5)6)35(32(39)31(28)38)25-10-8-9-24(18-25)34-20(3)36/h8-19,29,37H,1-7H3,(H,34,36)/b30-28-. The maximum absolute atomic E-state index is 13.6. The predicted octanol–water partition coefficient (Wildman–Crippen LogP) is 6.70. The third-order valence-corrected chi connectivity index (χ3v) is 7.11. The van der Waals surface area contributed by atoms with Gasteiger partial charge in [-0.25, -0.2) is 0 Å². The number of methoxy groups -OCH3 is 1. The zero-order chi connectivity index (χ0) is 29.4. The third kappa shape index (κ3) is 5.50. The highest BCUT2D eigenvalue weighted by atomic mass is 16.5. The molecule has 0 bridgehead atoms. The van der Waals surface area contributed by atoms with Gasteiger partial charge >= 0.3 is 0 Å². The SMILES string of the molecule is COc1ccc(/C(O)=C2/C(=O)C(=O)N(c3cccc(NC(C)=O)c3)C2c2ccc(C(C)(C)C)cc2)cc1C(C)C. The number of hydrogen-bond acceptors (Lipinski definition) is 5. The van der Waals surface area contributed by atoms with Gasteiger partial charge in [0, 0.05) is 23.9 Å². The molecule has 1 unspecified atom stereocenters. The van der Waals surface area contributed by atoms with Gasteiger partial charge in [-0.2, -0.15) is 0 Å². The van der Waals surface area contributed by atoms with E-state index in [1.807, 2.05) is 38.1 Å². The predicted molar refractivity (Wildman–Crippen MR) is 158 cm³/mol. The van der Waals surface area contributed by atoms with Crippen molar-refractivity contribution < 1.29 is 24.2 Å². The van der Waals surface area contributed by atoms with Crippen molar-refractivity contribution in [3.8, 4) is 5.75 Å². The lowest BCUT2D eigenvalue weighted by atomic mass is 9.85. The molecule has 40 heavy (non-hydrogen) atoms. The van der Waals surface area contributed by atoms with Crippen molar-refractivity contribution in [3.05, 3.63) is 94.6 Å². The van der Waals surface area contributed by atoms with Crippen LogP contribution in [0.15, 0.2) is 72.3 Å². The average Bonchev–Trinajstić information content (AvgIpc) is 3.17. The molecule has 1 aliphatic rings. The van der Waals surface area contributed by atoms with Gasteiger partial charge in [0.2, 0.25) is 5.91 Å². The van der Waals surface area contributed by atoms with E-state index in [0.717, 1.165) is 11.1 Å². The second-order valence-corrected chi connectivity index (χ2v) is 11.4. The number of rotatable bonds is 6. The van der Waals surface area contributed by atoms with Gasteiger partial charge < -0.3 is 15.2 Å². The number of Topliss-reactive ketones (excluding diaryl/α,β-unsaturated/α-hetero) is 1. The Hall–Kier alpha value is -4.39. The van der Waals surface area contributed by atoms with Crippen molar-refractivity contribution in [2.45, 2.75) is 58.9 Å². The summed E-state index contributed by atoms with van der Waals surface area (Å²) in [6.07, 6.45) is 0. The van der Waals surface area contributed by atoms with Gasteiger partial charge in [0.25, 0.3) is 11.7 Å². The van der Waals surface area contributed by atoms with Crippen LogP contribution < -0.4 is 15.0 Å². The van der Waals surface area contributed by atoms with Crippen LogP contribution in [-0.4, -0.2) is 29.8 Å². The number of anilines is 2. The first-order chi connectivity index (χ1) is 18.8. The third-order valence-electron chi connectivity index (χ3n) is 7.11. The number of carbonyl (C=O) groups excluding carboxylic acids is 3. The summed E-state index contributed by atoms with van der Waals surface area (Å²) in [4.78, 5) is 40.3. The number of aliphatic hydroxyl groups excluding tert-OH is 1. The van der Waals surface area contributed by atoms with Crippen molar-refractivity contribution >= 4 is 34.7 Å². The average molecular weight is 541 g/mol. The van der Waals surface area contributed by atoms with Crippen molar-refractivity contribution in [1.29, 1.82) is 0 Å². The van der Waals surface area contributed by atoms with E-state index in [1.54, 1.807) is 49.6 Å². The Morgan fingerprint density at radius 2 is 1.68 bits per heavy atom. The van der Waals surface area contributed by atoms with E-state index in [2.05, 4.69) is 26.1 Å². The number of ketones is 1. The molecule has 1 heterocycles. The number of hydrogen-bond donors (Lipinski definition) is 2. The fourth-order valence-corrected chi connectivity index (χ4v) is 5.00. The molecule has 0 spiro atoms. The molecule has 0 aliphatic carbocycles. The van der Waals surface area contributed by atoms with Crippen molar-refractivity contribution in [3.63, 3.8) is 0 Å². The molecule has 208 valence electrons. The van der Waals surface area contributed by atoms with E-state index in [0.29, 0.717) is 28.3 Å². The van der Waals surface area contributed by atoms with Crippen LogP contribution in [0.1, 0.15) is 75.8 Å². The van der Waals surface area contributed by atoms with Crippen LogP contribution in [-0.2, 0) is 19.8 Å². The molecule has 7 nitrogen and oxygen atoms in total. The first kappa shape index (κ1) is 28.6. The number of nitrogens with one attached hydrogen (secondary N) is 1. The van der Waals surface area contributed by atoms with E-state index < -0.39 is 17.7 Å². The van der Waals surface area contributed by atoms with Crippen LogP contribution >= 0.6 is 0 Å². The molecular weight excluding hydrogens is 504 g/mol. The molecule has 1 saturated heterocycles. The molecule has 3 aromatic rings. The van der Waals surface area contributed by atoms with Crippen molar-refractivity contribution in [2.24, 2.45) is 0 Å². The Morgan fingerprint density at radius 1 is 1.00 bits per heavy atom. The molecule has 2 N–H and O–H groups in total. The molecule has 0 aromatic heterocycles. The number of aliphatic hydroxyl groups is 1. The zero-order valence-electron chi connectivity index (χ0n) is 24.0. The van der Waals surface area contributed by atoms with Gasteiger partial charge in [-0.15, -0.1) is 0 Å². The van der Waals surface area contributed by atoms with Crippen molar-refractivity contribution in [1.82, 2.24) is 0 Å². The van der Waals surface area contributed by atoms with Gasteiger partial charge in [-0.1, -0.05) is 65.0 Å². The Morgan fingerprint density at radius 3 is 2.25 bits per heavy atom. The lowest BCUT2D eigenvalue weighted by Gasteiger charge is -2.27. The van der Waals surface area contributed by atoms with Gasteiger partial charge in [0.1, 0.15) is 11.5 Å². The monoisotopic (exact) mass is 540 g/mol. The second-order valence-electron chi connectivity index (χ2n) is 11.4. The molecule has 1 aliphatic heterocycles. The van der Waals surface area contributed by atoms with E-state index >= 15 is 0 Å². The van der Waals surface area contributed by atoms with E-state index in [4.69, 9.17) is 4.74 Å². The number of nitrogens with zero attached hydrogens (tertiary/aromatic N) is 1. The molecule has 1 atom stereocenters. The van der Waals surface area contributed by atoms with Crippen LogP contribution in [0.2, 0.25) is 0 Å². The van der Waals surface area contributed by atoms with Crippen LogP contribution in [0.3, 0.4) is 0 Å². The minimum Gasteiger partial charge on any atom is -0.507 e. The Kier molecular flexibility index (Phi) is 7.87. The van der Waals surface area contributed by atoms with Crippen molar-refractivity contribution in [2.75, 3.05) is 17.3 Å². The zero-order valence-corrected chi connectivity index (χ0v) is 24.0. The molecule has 2 amide bonds. The molecule has 0 radical (unpaired) electrons. The highest BCUT2D eigenvalue weighted by Crippen LogP contribution is 2.43. The normalized spacial score (nSPS) is 16.9. The lowest BCUT2D eigenvalue weighted by Crippen LogP contribution is -2.29. The van der Waals surface area contributed by atoms with Gasteiger partial charge in [0.05, 0.1) is 18.7 Å². The second kappa shape index (κ2) is 11.0. The summed E-state index contributed by atoms with van der Waals surface area (Å²) in [6, 6.07) is 18.9. The van der Waals surface area contributed by atoms with Crippen LogP contribution in [0.5, 0.6) is 5.75 Å². The molecule has 1 fully saturated rings. The topological polar surface area (TPSA) is 95.9 Å². The Bertz CT molecular complexity index is 1500. The summed E-state index contributed by atoms with van der Waals surface area (Å²) < 4.78 is 5.49. The lowest BCUT2D eigenvalue weighted by molar-refractivity contribution is -0.132. The minimum atomic E-state index is -0.883. The molecule has 3 aromatic carbocycles. The molecule has 7 heteroatoms. The Balaban J connectivity index is 1.94. The smallest absolute Gasteiger partial charge is 0.300 e. The highest BCUT2D eigenvalue weighted by molar-refractivity contribution is 6.51.